The van der Waals surface area contributed by atoms with Gasteiger partial charge in [-0.2, -0.15) is 5.10 Å². The topological polar surface area (TPSA) is 114 Å². The van der Waals surface area contributed by atoms with Crippen LogP contribution in [0.4, 0.5) is 0 Å². The molecule has 2 N–H and O–H groups in total. The quantitative estimate of drug-likeness (QED) is 0.493. The number of benzene rings is 1. The van der Waals surface area contributed by atoms with Gasteiger partial charge < -0.3 is 4.74 Å². The zero-order valence-electron chi connectivity index (χ0n) is 18.1. The molecule has 0 radical (unpaired) electrons. The van der Waals surface area contributed by atoms with Crippen LogP contribution < -0.4 is 10.1 Å². The van der Waals surface area contributed by atoms with E-state index in [2.05, 4.69) is 36.0 Å². The van der Waals surface area contributed by atoms with Crippen LogP contribution in [0.5, 0.6) is 0 Å². The lowest BCUT2D eigenvalue weighted by atomic mass is 9.70. The molecule has 0 spiro atoms. The molecule has 2 unspecified atom stereocenters. The second kappa shape index (κ2) is 7.70. The molecule has 3 saturated carbocycles. The van der Waals surface area contributed by atoms with Crippen molar-refractivity contribution in [3.63, 3.8) is 0 Å². The zero-order chi connectivity index (χ0) is 22.4. The summed E-state index contributed by atoms with van der Waals surface area (Å²) in [5.41, 5.74) is 3.84. The van der Waals surface area contributed by atoms with Gasteiger partial charge in [0.15, 0.2) is 6.61 Å². The minimum Gasteiger partial charge on any atom is -0.452 e. The van der Waals surface area contributed by atoms with E-state index in [1.807, 2.05) is 0 Å². The summed E-state index contributed by atoms with van der Waals surface area (Å²) in [7, 11) is -3.58. The number of sulfonamides is 1. The number of nitrogens with one attached hydrogen (secondary N) is 2. The maximum absolute atomic E-state index is 12.2. The van der Waals surface area contributed by atoms with Gasteiger partial charge in [-0.05, 0) is 67.7 Å². The van der Waals surface area contributed by atoms with Crippen molar-refractivity contribution >= 4 is 27.6 Å². The van der Waals surface area contributed by atoms with E-state index in [0.717, 1.165) is 31.4 Å². The Balaban J connectivity index is 1.29. The van der Waals surface area contributed by atoms with Crippen LogP contribution in [0.15, 0.2) is 34.3 Å². The lowest BCUT2D eigenvalue weighted by Crippen LogP contribution is -2.34. The number of hydrogen-bond acceptors (Lipinski definition) is 6. The number of carbonyl (C=O) groups is 2. The van der Waals surface area contributed by atoms with E-state index in [1.165, 1.54) is 30.7 Å². The summed E-state index contributed by atoms with van der Waals surface area (Å²) in [6.07, 6.45) is 4.82. The Labute approximate surface area is 182 Å². The van der Waals surface area contributed by atoms with Gasteiger partial charge in [0.2, 0.25) is 10.0 Å². The van der Waals surface area contributed by atoms with Gasteiger partial charge in [0.25, 0.3) is 5.91 Å². The van der Waals surface area contributed by atoms with E-state index >= 15 is 0 Å². The van der Waals surface area contributed by atoms with Gasteiger partial charge in [0.1, 0.15) is 0 Å². The first kappa shape index (κ1) is 22.0. The molecule has 0 aromatic heterocycles. The monoisotopic (exact) mass is 447 g/mol. The first-order chi connectivity index (χ1) is 14.5. The van der Waals surface area contributed by atoms with Crippen molar-refractivity contribution in [1.29, 1.82) is 0 Å². The summed E-state index contributed by atoms with van der Waals surface area (Å²) in [4.78, 5) is 24.4. The summed E-state index contributed by atoms with van der Waals surface area (Å²) < 4.78 is 32.0. The summed E-state index contributed by atoms with van der Waals surface area (Å²) in [5, 5.41) is 4.34. The second-order valence-electron chi connectivity index (χ2n) is 9.58. The Morgan fingerprint density at radius 2 is 1.81 bits per heavy atom. The number of ether oxygens (including phenoxy) is 1. The Hall–Kier alpha value is -2.26. The number of rotatable bonds is 7. The zero-order valence-corrected chi connectivity index (χ0v) is 18.9. The van der Waals surface area contributed by atoms with Crippen molar-refractivity contribution in [1.82, 2.24) is 10.1 Å². The SMILES string of the molecule is CC12CCC(C/C1=N/NC(=O)COC(=O)c1ccc(S(=O)(=O)NC3CC3)cc1)C2(C)C. The Morgan fingerprint density at radius 3 is 2.35 bits per heavy atom. The smallest absolute Gasteiger partial charge is 0.338 e. The van der Waals surface area contributed by atoms with Crippen molar-refractivity contribution in [2.45, 2.75) is 63.8 Å². The third kappa shape index (κ3) is 4.13. The summed E-state index contributed by atoms with van der Waals surface area (Å²) >= 11 is 0. The summed E-state index contributed by atoms with van der Waals surface area (Å²) in [5.74, 6) is -0.620. The number of esters is 1. The van der Waals surface area contributed by atoms with Crippen molar-refractivity contribution in [2.75, 3.05) is 6.61 Å². The van der Waals surface area contributed by atoms with E-state index in [-0.39, 0.29) is 27.3 Å². The van der Waals surface area contributed by atoms with E-state index in [0.29, 0.717) is 5.92 Å². The fraction of sp³-hybridized carbons (Fsp3) is 0.591. The molecule has 0 aliphatic heterocycles. The van der Waals surface area contributed by atoms with Gasteiger partial charge in [0.05, 0.1) is 10.5 Å². The van der Waals surface area contributed by atoms with Gasteiger partial charge in [0, 0.05) is 17.2 Å². The molecule has 1 aromatic carbocycles. The van der Waals surface area contributed by atoms with Crippen molar-refractivity contribution in [2.24, 2.45) is 21.8 Å². The molecule has 168 valence electrons. The fourth-order valence-corrected chi connectivity index (χ4v) is 6.04. The molecule has 2 bridgehead atoms. The van der Waals surface area contributed by atoms with E-state index < -0.39 is 28.5 Å². The van der Waals surface area contributed by atoms with E-state index in [4.69, 9.17) is 4.74 Å². The molecule has 1 amide bonds. The highest BCUT2D eigenvalue weighted by atomic mass is 32.2. The van der Waals surface area contributed by atoms with E-state index in [9.17, 15) is 18.0 Å². The van der Waals surface area contributed by atoms with Crippen LogP contribution in [-0.2, 0) is 19.6 Å². The van der Waals surface area contributed by atoms with Gasteiger partial charge in [-0.25, -0.2) is 23.4 Å². The second-order valence-corrected chi connectivity index (χ2v) is 11.3. The van der Waals surface area contributed by atoms with Crippen LogP contribution >= 0.6 is 0 Å². The molecular weight excluding hydrogens is 418 g/mol. The standard InChI is InChI=1S/C22H29N3O5S/c1-21(2)15-10-11-22(21,3)18(12-15)23-24-19(26)13-30-20(27)14-4-8-17(9-5-14)31(28,29)25-16-6-7-16/h4-5,8-9,15-16,25H,6-7,10-13H2,1-3H3,(H,24,26)/b23-18-. The van der Waals surface area contributed by atoms with Crippen molar-refractivity contribution < 1.29 is 22.7 Å². The van der Waals surface area contributed by atoms with Crippen LogP contribution in [-0.4, -0.2) is 38.7 Å². The van der Waals surface area contributed by atoms with Crippen LogP contribution in [0, 0.1) is 16.7 Å². The average Bonchev–Trinajstić information content (AvgIpc) is 3.47. The van der Waals surface area contributed by atoms with Crippen molar-refractivity contribution in [3.05, 3.63) is 29.8 Å². The molecule has 3 fully saturated rings. The van der Waals surface area contributed by atoms with Gasteiger partial charge in [-0.3, -0.25) is 4.79 Å². The highest BCUT2D eigenvalue weighted by Gasteiger charge is 2.60. The fourth-order valence-electron chi connectivity index (χ4n) is 4.73. The highest BCUT2D eigenvalue weighted by molar-refractivity contribution is 7.89. The molecule has 4 rings (SSSR count). The van der Waals surface area contributed by atoms with Gasteiger partial charge in [-0.1, -0.05) is 20.8 Å². The number of carbonyl (C=O) groups excluding carboxylic acids is 2. The summed E-state index contributed by atoms with van der Waals surface area (Å²) in [6, 6.07) is 5.46. The van der Waals surface area contributed by atoms with Crippen LogP contribution in [0.3, 0.4) is 0 Å². The predicted molar refractivity (Wildman–Crippen MR) is 115 cm³/mol. The first-order valence-electron chi connectivity index (χ1n) is 10.7. The average molecular weight is 448 g/mol. The van der Waals surface area contributed by atoms with Gasteiger partial charge in [-0.15, -0.1) is 0 Å². The minimum atomic E-state index is -3.58. The highest BCUT2D eigenvalue weighted by Crippen LogP contribution is 2.63. The first-order valence-corrected chi connectivity index (χ1v) is 12.2. The van der Waals surface area contributed by atoms with Crippen LogP contribution in [0.25, 0.3) is 0 Å². The molecule has 3 aliphatic carbocycles. The van der Waals surface area contributed by atoms with E-state index in [1.54, 1.807) is 0 Å². The largest absolute Gasteiger partial charge is 0.452 e. The third-order valence-electron chi connectivity index (χ3n) is 7.46. The lowest BCUT2D eigenvalue weighted by molar-refractivity contribution is -0.124. The van der Waals surface area contributed by atoms with Crippen LogP contribution in [0.2, 0.25) is 0 Å². The molecule has 9 heteroatoms. The molecule has 2 atom stereocenters. The van der Waals surface area contributed by atoms with Crippen LogP contribution in [0.1, 0.15) is 63.2 Å². The Bertz CT molecular complexity index is 1030. The number of hydrogen-bond donors (Lipinski definition) is 2. The molecule has 31 heavy (non-hydrogen) atoms. The molecule has 0 saturated heterocycles. The Morgan fingerprint density at radius 1 is 1.13 bits per heavy atom. The molecule has 8 nitrogen and oxygen atoms in total. The molecular formula is C22H29N3O5S. The maximum atomic E-state index is 12.2. The molecule has 3 aliphatic rings. The predicted octanol–water partition coefficient (Wildman–Crippen LogP) is 2.60. The summed E-state index contributed by atoms with van der Waals surface area (Å²) in [6.45, 7) is 6.27. The number of fused-ring (bicyclic) bond motifs is 2. The molecule has 1 aromatic rings. The normalized spacial score (nSPS) is 28.0. The lowest BCUT2D eigenvalue weighted by Gasteiger charge is -2.34. The maximum Gasteiger partial charge on any atom is 0.338 e. The number of amides is 1. The van der Waals surface area contributed by atoms with Gasteiger partial charge >= 0.3 is 5.97 Å². The number of nitrogens with zero attached hydrogens (tertiary/aromatic N) is 1. The number of hydrazone groups is 1. The molecule has 0 heterocycles. The van der Waals surface area contributed by atoms with Crippen molar-refractivity contribution in [3.8, 4) is 0 Å². The minimum absolute atomic E-state index is 0.00445. The Kier molecular flexibility index (Phi) is 5.46. The third-order valence-corrected chi connectivity index (χ3v) is 9.00.